The molecule has 1 unspecified atom stereocenters. The molecule has 4 rings (SSSR count). The fraction of sp³-hybridized carbons (Fsp3) is 0.409. The topological polar surface area (TPSA) is 69.5 Å². The lowest BCUT2D eigenvalue weighted by atomic mass is 9.95. The molecule has 29 heavy (non-hydrogen) atoms. The van der Waals surface area contributed by atoms with Crippen LogP contribution in [0.15, 0.2) is 36.8 Å². The molecule has 1 atom stereocenters. The van der Waals surface area contributed by atoms with E-state index < -0.39 is 5.60 Å². The number of rotatable bonds is 4. The van der Waals surface area contributed by atoms with Crippen LogP contribution in [0.1, 0.15) is 35.3 Å². The largest absolute Gasteiger partial charge is 0.462 e. The van der Waals surface area contributed by atoms with Gasteiger partial charge in [0, 0.05) is 36.9 Å². The van der Waals surface area contributed by atoms with Gasteiger partial charge in [0.2, 0.25) is 0 Å². The molecule has 0 radical (unpaired) electrons. The summed E-state index contributed by atoms with van der Waals surface area (Å²) in [7, 11) is 1.89. The Bertz CT molecular complexity index is 1060. The van der Waals surface area contributed by atoms with Crippen molar-refractivity contribution in [1.82, 2.24) is 14.8 Å². The summed E-state index contributed by atoms with van der Waals surface area (Å²) >= 11 is 0. The number of carbonyl (C=O) groups is 1. The molecule has 0 N–H and O–H groups in total. The van der Waals surface area contributed by atoms with E-state index in [2.05, 4.69) is 21.9 Å². The number of carbonyl (C=O) groups excluding carboxylic acids is 1. The van der Waals surface area contributed by atoms with Crippen molar-refractivity contribution in [2.75, 3.05) is 31.2 Å². The summed E-state index contributed by atoms with van der Waals surface area (Å²) in [4.78, 5) is 19.5. The first-order valence-corrected chi connectivity index (χ1v) is 9.86. The average molecular weight is 394 g/mol. The summed E-state index contributed by atoms with van der Waals surface area (Å²) in [6.07, 6.45) is 5.45. The summed E-state index contributed by atoms with van der Waals surface area (Å²) in [5.41, 5.74) is 3.79. The molecule has 152 valence electrons. The Labute approximate surface area is 170 Å². The van der Waals surface area contributed by atoms with E-state index in [1.54, 1.807) is 10.9 Å². The molecule has 0 aliphatic carbocycles. The first-order valence-electron chi connectivity index (χ1n) is 9.86. The number of hydrogen-bond donors (Lipinski definition) is 0. The number of hydrogen-bond acceptors (Lipinski definition) is 6. The SMILES string of the molecule is CCOC(=O)c1cnc2c(C)cccc2c1N1CCOC(C)(c2cnn(C)c2)C1. The van der Waals surface area contributed by atoms with Gasteiger partial charge in [-0.2, -0.15) is 5.10 Å². The second-order valence-electron chi connectivity index (χ2n) is 7.62. The number of esters is 1. The number of para-hydroxylation sites is 1. The number of nitrogens with zero attached hydrogens (tertiary/aromatic N) is 4. The van der Waals surface area contributed by atoms with E-state index in [1.807, 2.05) is 51.5 Å². The molecule has 1 saturated heterocycles. The van der Waals surface area contributed by atoms with Gasteiger partial charge in [0.25, 0.3) is 0 Å². The van der Waals surface area contributed by atoms with Crippen LogP contribution in [0, 0.1) is 6.92 Å². The van der Waals surface area contributed by atoms with Crippen LogP contribution < -0.4 is 4.90 Å². The Morgan fingerprint density at radius 1 is 1.34 bits per heavy atom. The summed E-state index contributed by atoms with van der Waals surface area (Å²) in [6, 6.07) is 6.05. The predicted molar refractivity (Wildman–Crippen MR) is 111 cm³/mol. The lowest BCUT2D eigenvalue weighted by molar-refractivity contribution is -0.0466. The first kappa shape index (κ1) is 19.4. The van der Waals surface area contributed by atoms with E-state index in [1.165, 1.54) is 0 Å². The molecular weight excluding hydrogens is 368 g/mol. The minimum atomic E-state index is -0.530. The number of aryl methyl sites for hydroxylation is 2. The lowest BCUT2D eigenvalue weighted by Gasteiger charge is -2.42. The van der Waals surface area contributed by atoms with Gasteiger partial charge in [0.15, 0.2) is 0 Å². The zero-order chi connectivity index (χ0) is 20.6. The molecule has 1 aliphatic rings. The molecular formula is C22H26N4O3. The molecule has 7 heteroatoms. The van der Waals surface area contributed by atoms with Crippen LogP contribution in [0.25, 0.3) is 10.9 Å². The number of morpholine rings is 1. The minimum Gasteiger partial charge on any atom is -0.462 e. The third-order valence-corrected chi connectivity index (χ3v) is 5.47. The summed E-state index contributed by atoms with van der Waals surface area (Å²) < 4.78 is 13.3. The van der Waals surface area contributed by atoms with Crippen LogP contribution in [0.2, 0.25) is 0 Å². The third-order valence-electron chi connectivity index (χ3n) is 5.47. The van der Waals surface area contributed by atoms with Gasteiger partial charge in [0.05, 0.1) is 37.2 Å². The van der Waals surface area contributed by atoms with E-state index >= 15 is 0 Å². The average Bonchev–Trinajstić information content (AvgIpc) is 3.15. The third kappa shape index (κ3) is 3.46. The highest BCUT2D eigenvalue weighted by Gasteiger charge is 2.37. The van der Waals surface area contributed by atoms with Crippen molar-refractivity contribution < 1.29 is 14.3 Å². The molecule has 3 heterocycles. The smallest absolute Gasteiger partial charge is 0.341 e. The number of fused-ring (bicyclic) bond motifs is 1. The Hall–Kier alpha value is -2.93. The zero-order valence-electron chi connectivity index (χ0n) is 17.3. The number of ether oxygens (including phenoxy) is 2. The fourth-order valence-corrected chi connectivity index (χ4v) is 3.99. The minimum absolute atomic E-state index is 0.320. The Kier molecular flexibility index (Phi) is 5.00. The van der Waals surface area contributed by atoms with Gasteiger partial charge in [-0.25, -0.2) is 4.79 Å². The quantitative estimate of drug-likeness (QED) is 0.633. The maximum absolute atomic E-state index is 12.7. The molecule has 1 aromatic carbocycles. The van der Waals surface area contributed by atoms with Crippen LogP contribution in [0.5, 0.6) is 0 Å². The highest BCUT2D eigenvalue weighted by Crippen LogP contribution is 2.37. The molecule has 2 aromatic heterocycles. The van der Waals surface area contributed by atoms with Crippen molar-refractivity contribution in [1.29, 1.82) is 0 Å². The second kappa shape index (κ2) is 7.48. The Morgan fingerprint density at radius 2 is 2.17 bits per heavy atom. The highest BCUT2D eigenvalue weighted by molar-refractivity contribution is 6.06. The number of anilines is 1. The monoisotopic (exact) mass is 394 g/mol. The molecule has 0 amide bonds. The van der Waals surface area contributed by atoms with E-state index in [4.69, 9.17) is 9.47 Å². The van der Waals surface area contributed by atoms with Gasteiger partial charge in [-0.3, -0.25) is 9.67 Å². The molecule has 0 saturated carbocycles. The maximum atomic E-state index is 12.7. The van der Waals surface area contributed by atoms with E-state index in [9.17, 15) is 4.79 Å². The lowest BCUT2D eigenvalue weighted by Crippen LogP contribution is -2.48. The van der Waals surface area contributed by atoms with Gasteiger partial charge in [0.1, 0.15) is 11.2 Å². The van der Waals surface area contributed by atoms with Crippen LogP contribution in [-0.4, -0.2) is 47.0 Å². The van der Waals surface area contributed by atoms with Crippen LogP contribution >= 0.6 is 0 Å². The molecule has 0 bridgehead atoms. The van der Waals surface area contributed by atoms with Crippen LogP contribution in [0.3, 0.4) is 0 Å². The summed E-state index contributed by atoms with van der Waals surface area (Å²) in [6.45, 7) is 8.04. The highest BCUT2D eigenvalue weighted by atomic mass is 16.5. The van der Waals surface area contributed by atoms with Crippen molar-refractivity contribution in [3.63, 3.8) is 0 Å². The van der Waals surface area contributed by atoms with Gasteiger partial charge in [-0.05, 0) is 26.3 Å². The standard InChI is InChI=1S/C22H26N4O3/c1-5-28-21(27)18-12-23-19-15(2)7-6-8-17(19)20(18)26-9-10-29-22(3,14-26)16-11-24-25(4)13-16/h6-8,11-13H,5,9-10,14H2,1-4H3. The molecule has 7 nitrogen and oxygen atoms in total. The summed E-state index contributed by atoms with van der Waals surface area (Å²) in [5.74, 6) is -0.354. The first-order chi connectivity index (χ1) is 13.9. The van der Waals surface area contributed by atoms with Crippen LogP contribution in [0.4, 0.5) is 5.69 Å². The van der Waals surface area contributed by atoms with Crippen molar-refractivity contribution >= 4 is 22.6 Å². The van der Waals surface area contributed by atoms with E-state index in [0.29, 0.717) is 31.9 Å². The van der Waals surface area contributed by atoms with E-state index in [-0.39, 0.29) is 5.97 Å². The molecule has 1 fully saturated rings. The van der Waals surface area contributed by atoms with Gasteiger partial charge >= 0.3 is 5.97 Å². The maximum Gasteiger partial charge on any atom is 0.341 e. The Morgan fingerprint density at radius 3 is 2.90 bits per heavy atom. The number of benzene rings is 1. The predicted octanol–water partition coefficient (Wildman–Crippen LogP) is 3.21. The zero-order valence-corrected chi connectivity index (χ0v) is 17.3. The van der Waals surface area contributed by atoms with Gasteiger partial charge in [-0.15, -0.1) is 0 Å². The van der Waals surface area contributed by atoms with Crippen molar-refractivity contribution in [2.45, 2.75) is 26.4 Å². The number of aromatic nitrogens is 3. The van der Waals surface area contributed by atoms with Crippen molar-refractivity contribution in [3.05, 3.63) is 53.5 Å². The normalized spacial score (nSPS) is 19.5. The van der Waals surface area contributed by atoms with Crippen molar-refractivity contribution in [3.8, 4) is 0 Å². The number of pyridine rings is 1. The van der Waals surface area contributed by atoms with Crippen molar-refractivity contribution in [2.24, 2.45) is 7.05 Å². The molecule has 1 aliphatic heterocycles. The second-order valence-corrected chi connectivity index (χ2v) is 7.62. The van der Waals surface area contributed by atoms with Gasteiger partial charge in [-0.1, -0.05) is 18.2 Å². The summed E-state index contributed by atoms with van der Waals surface area (Å²) in [5, 5.41) is 5.25. The van der Waals surface area contributed by atoms with Crippen LogP contribution in [-0.2, 0) is 22.1 Å². The molecule has 0 spiro atoms. The molecule has 3 aromatic rings. The fourth-order valence-electron chi connectivity index (χ4n) is 3.99. The van der Waals surface area contributed by atoms with E-state index in [0.717, 1.165) is 27.7 Å². The Balaban J connectivity index is 1.84. The van der Waals surface area contributed by atoms with Gasteiger partial charge < -0.3 is 14.4 Å².